The summed E-state index contributed by atoms with van der Waals surface area (Å²) < 4.78 is 10.7. The largest absolute Gasteiger partial charge is 0.489 e. The first kappa shape index (κ1) is 18.3. The second kappa shape index (κ2) is 8.71. The van der Waals surface area contributed by atoms with Crippen molar-refractivity contribution < 1.29 is 18.7 Å². The number of hydrogen-bond donors (Lipinski definition) is 2. The van der Waals surface area contributed by atoms with E-state index in [0.29, 0.717) is 18.0 Å². The minimum atomic E-state index is -0.711. The van der Waals surface area contributed by atoms with Crippen LogP contribution in [-0.4, -0.2) is 17.9 Å². The van der Waals surface area contributed by atoms with Crippen LogP contribution in [-0.2, 0) is 11.4 Å². The lowest BCUT2D eigenvalue weighted by Crippen LogP contribution is -2.41. The van der Waals surface area contributed by atoms with E-state index in [1.165, 1.54) is 12.3 Å². The summed E-state index contributed by atoms with van der Waals surface area (Å²) in [5.74, 6) is 0.103. The third-order valence-electron chi connectivity index (χ3n) is 3.86. The molecule has 27 heavy (non-hydrogen) atoms. The molecule has 3 rings (SSSR count). The molecule has 0 fully saturated rings. The maximum Gasteiger partial charge on any atom is 0.287 e. The first-order valence-electron chi connectivity index (χ1n) is 8.54. The van der Waals surface area contributed by atoms with Gasteiger partial charge in [0.1, 0.15) is 18.4 Å². The fourth-order valence-electron chi connectivity index (χ4n) is 2.37. The Labute approximate surface area is 157 Å². The molecule has 2 amide bonds. The fourth-order valence-corrected chi connectivity index (χ4v) is 2.37. The van der Waals surface area contributed by atoms with Gasteiger partial charge < -0.3 is 19.8 Å². The Bertz CT molecular complexity index is 874. The molecule has 1 atom stereocenters. The van der Waals surface area contributed by atoms with Gasteiger partial charge in [-0.25, -0.2) is 0 Å². The molecule has 138 valence electrons. The van der Waals surface area contributed by atoms with Gasteiger partial charge >= 0.3 is 0 Å². The molecule has 3 aromatic rings. The lowest BCUT2D eigenvalue weighted by molar-refractivity contribution is -0.117. The van der Waals surface area contributed by atoms with Crippen LogP contribution in [0.3, 0.4) is 0 Å². The van der Waals surface area contributed by atoms with Crippen molar-refractivity contribution in [2.24, 2.45) is 0 Å². The predicted molar refractivity (Wildman–Crippen MR) is 101 cm³/mol. The Balaban J connectivity index is 1.49. The van der Waals surface area contributed by atoms with Crippen molar-refractivity contribution in [3.8, 4) is 5.75 Å². The van der Waals surface area contributed by atoms with Crippen molar-refractivity contribution in [1.29, 1.82) is 0 Å². The van der Waals surface area contributed by atoms with Gasteiger partial charge in [0.25, 0.3) is 5.91 Å². The van der Waals surface area contributed by atoms with Crippen LogP contribution in [0.5, 0.6) is 5.75 Å². The molecule has 0 aliphatic carbocycles. The number of amides is 2. The van der Waals surface area contributed by atoms with E-state index in [2.05, 4.69) is 10.6 Å². The highest BCUT2D eigenvalue weighted by Crippen LogP contribution is 2.17. The summed E-state index contributed by atoms with van der Waals surface area (Å²) in [4.78, 5) is 24.1. The molecule has 0 bridgehead atoms. The summed E-state index contributed by atoms with van der Waals surface area (Å²) in [5, 5.41) is 5.34. The summed E-state index contributed by atoms with van der Waals surface area (Å²) in [7, 11) is 0. The minimum Gasteiger partial charge on any atom is -0.489 e. The Morgan fingerprint density at radius 1 is 1.00 bits per heavy atom. The molecule has 0 radical (unpaired) electrons. The summed E-state index contributed by atoms with van der Waals surface area (Å²) >= 11 is 0. The van der Waals surface area contributed by atoms with Crippen LogP contribution in [0.1, 0.15) is 23.0 Å². The zero-order chi connectivity index (χ0) is 19.1. The van der Waals surface area contributed by atoms with Gasteiger partial charge in [0, 0.05) is 5.69 Å². The number of hydrogen-bond acceptors (Lipinski definition) is 4. The molecule has 0 aliphatic rings. The third kappa shape index (κ3) is 5.22. The quantitative estimate of drug-likeness (QED) is 0.671. The number of carbonyl (C=O) groups excluding carboxylic acids is 2. The number of anilines is 1. The Kier molecular flexibility index (Phi) is 5.89. The predicted octanol–water partition coefficient (Wildman–Crippen LogP) is 3.62. The molecule has 6 nitrogen and oxygen atoms in total. The highest BCUT2D eigenvalue weighted by molar-refractivity contribution is 5.99. The lowest BCUT2D eigenvalue weighted by atomic mass is 10.2. The van der Waals surface area contributed by atoms with Gasteiger partial charge in [-0.05, 0) is 48.9 Å². The van der Waals surface area contributed by atoms with Gasteiger partial charge in [0.15, 0.2) is 5.76 Å². The zero-order valence-electron chi connectivity index (χ0n) is 14.8. The van der Waals surface area contributed by atoms with E-state index >= 15 is 0 Å². The Morgan fingerprint density at radius 2 is 1.74 bits per heavy atom. The van der Waals surface area contributed by atoms with E-state index < -0.39 is 11.9 Å². The van der Waals surface area contributed by atoms with Crippen LogP contribution >= 0.6 is 0 Å². The molecule has 1 heterocycles. The van der Waals surface area contributed by atoms with Gasteiger partial charge in [0.05, 0.1) is 6.26 Å². The van der Waals surface area contributed by atoms with Crippen LogP contribution in [0, 0.1) is 0 Å². The maximum atomic E-state index is 12.2. The monoisotopic (exact) mass is 364 g/mol. The highest BCUT2D eigenvalue weighted by atomic mass is 16.5. The first-order valence-corrected chi connectivity index (χ1v) is 8.54. The molecule has 2 aromatic carbocycles. The smallest absolute Gasteiger partial charge is 0.287 e. The molecule has 0 saturated heterocycles. The second-order valence-corrected chi connectivity index (χ2v) is 5.96. The molecule has 6 heteroatoms. The number of carbonyl (C=O) groups is 2. The Hall–Kier alpha value is -3.54. The molecule has 0 aliphatic heterocycles. The van der Waals surface area contributed by atoms with Gasteiger partial charge in [-0.1, -0.05) is 30.3 Å². The molecular formula is C21H20N2O4. The molecule has 1 aromatic heterocycles. The molecule has 0 spiro atoms. The van der Waals surface area contributed by atoms with Gasteiger partial charge in [-0.15, -0.1) is 0 Å². The standard InChI is InChI=1S/C21H20N2O4/c1-15(22-21(25)19-8-5-13-26-19)20(24)23-17-9-11-18(12-10-17)27-14-16-6-3-2-4-7-16/h2-13,15H,14H2,1H3,(H,22,25)(H,23,24)/t15-/m1/s1. The van der Waals surface area contributed by atoms with Crippen molar-refractivity contribution in [2.75, 3.05) is 5.32 Å². The highest BCUT2D eigenvalue weighted by Gasteiger charge is 2.18. The van der Waals surface area contributed by atoms with Gasteiger partial charge in [-0.3, -0.25) is 9.59 Å². The van der Waals surface area contributed by atoms with Gasteiger partial charge in [-0.2, -0.15) is 0 Å². The SMILES string of the molecule is C[C@@H](NC(=O)c1ccco1)C(=O)Nc1ccc(OCc2ccccc2)cc1. The number of benzene rings is 2. The van der Waals surface area contributed by atoms with Crippen LogP contribution in [0.15, 0.2) is 77.4 Å². The van der Waals surface area contributed by atoms with E-state index in [9.17, 15) is 9.59 Å². The van der Waals surface area contributed by atoms with Crippen molar-refractivity contribution >= 4 is 17.5 Å². The van der Waals surface area contributed by atoms with Crippen molar-refractivity contribution in [1.82, 2.24) is 5.32 Å². The average molecular weight is 364 g/mol. The van der Waals surface area contributed by atoms with E-state index in [4.69, 9.17) is 9.15 Å². The number of nitrogens with one attached hydrogen (secondary N) is 2. The van der Waals surface area contributed by atoms with Crippen LogP contribution in [0.2, 0.25) is 0 Å². The minimum absolute atomic E-state index is 0.162. The van der Waals surface area contributed by atoms with Crippen molar-refractivity contribution in [3.63, 3.8) is 0 Å². The average Bonchev–Trinajstić information content (AvgIpc) is 3.23. The van der Waals surface area contributed by atoms with E-state index in [0.717, 1.165) is 5.56 Å². The topological polar surface area (TPSA) is 80.6 Å². The third-order valence-corrected chi connectivity index (χ3v) is 3.86. The second-order valence-electron chi connectivity index (χ2n) is 5.96. The van der Waals surface area contributed by atoms with Crippen LogP contribution in [0.4, 0.5) is 5.69 Å². The normalized spacial score (nSPS) is 11.4. The summed E-state index contributed by atoms with van der Waals surface area (Å²) in [6.07, 6.45) is 1.40. The van der Waals surface area contributed by atoms with E-state index in [1.807, 2.05) is 30.3 Å². The van der Waals surface area contributed by atoms with Crippen molar-refractivity contribution in [3.05, 3.63) is 84.3 Å². The van der Waals surface area contributed by atoms with E-state index in [-0.39, 0.29) is 11.7 Å². The van der Waals surface area contributed by atoms with Gasteiger partial charge in [0.2, 0.25) is 5.91 Å². The summed E-state index contributed by atoms with van der Waals surface area (Å²) in [6.45, 7) is 2.08. The lowest BCUT2D eigenvalue weighted by Gasteiger charge is -2.14. The van der Waals surface area contributed by atoms with Crippen LogP contribution in [0.25, 0.3) is 0 Å². The van der Waals surface area contributed by atoms with Crippen molar-refractivity contribution in [2.45, 2.75) is 19.6 Å². The number of ether oxygens (including phenoxy) is 1. The maximum absolute atomic E-state index is 12.2. The molecule has 0 saturated carbocycles. The Morgan fingerprint density at radius 3 is 2.41 bits per heavy atom. The first-order chi connectivity index (χ1) is 13.1. The van der Waals surface area contributed by atoms with E-state index in [1.54, 1.807) is 37.3 Å². The molecule has 0 unspecified atom stereocenters. The zero-order valence-corrected chi connectivity index (χ0v) is 14.8. The molecule has 2 N–H and O–H groups in total. The number of furan rings is 1. The number of rotatable bonds is 7. The molecular weight excluding hydrogens is 344 g/mol. The summed E-state index contributed by atoms with van der Waals surface area (Å²) in [5.41, 5.74) is 1.70. The fraction of sp³-hybridized carbons (Fsp3) is 0.143. The van der Waals surface area contributed by atoms with Crippen LogP contribution < -0.4 is 15.4 Å². The summed E-state index contributed by atoms with van der Waals surface area (Å²) in [6, 6.07) is 19.4.